The molecule has 1 aromatic carbocycles. The molecule has 0 aliphatic carbocycles. The Morgan fingerprint density at radius 1 is 1.23 bits per heavy atom. The average molecular weight is 210 g/mol. The molecule has 0 bridgehead atoms. The molecule has 0 aliphatic heterocycles. The van der Waals surface area contributed by atoms with Crippen LogP contribution in [0.25, 0.3) is 0 Å². The Morgan fingerprint density at radius 2 is 1.85 bits per heavy atom. The van der Waals surface area contributed by atoms with E-state index in [2.05, 4.69) is 0 Å². The van der Waals surface area contributed by atoms with E-state index in [1.807, 2.05) is 0 Å². The largest absolute Gasteiger partial charge is 0.319 e. The highest BCUT2D eigenvalue weighted by molar-refractivity contribution is 6.30. The molecule has 0 unspecified atom stereocenters. The van der Waals surface area contributed by atoms with Crippen LogP contribution in [-0.4, -0.2) is 6.43 Å². The highest BCUT2D eigenvalue weighted by Gasteiger charge is 2.18. The molecule has 1 nitrogen and oxygen atoms in total. The van der Waals surface area contributed by atoms with Gasteiger partial charge in [-0.25, -0.2) is 13.2 Å². The lowest BCUT2D eigenvalue weighted by Crippen LogP contribution is -2.18. The van der Waals surface area contributed by atoms with Crippen LogP contribution in [0.15, 0.2) is 18.2 Å². The summed E-state index contributed by atoms with van der Waals surface area (Å²) in [5.41, 5.74) is 5.10. The molecule has 72 valence electrons. The normalized spacial score (nSPS) is 13.4. The van der Waals surface area contributed by atoms with E-state index < -0.39 is 18.3 Å². The number of hydrogen-bond donors (Lipinski definition) is 1. The molecule has 13 heavy (non-hydrogen) atoms. The lowest BCUT2D eigenvalue weighted by molar-refractivity contribution is 0.116. The summed E-state index contributed by atoms with van der Waals surface area (Å²) >= 11 is 5.46. The quantitative estimate of drug-likeness (QED) is 0.796. The molecule has 0 spiro atoms. The first-order valence-corrected chi connectivity index (χ1v) is 3.88. The fourth-order valence-electron chi connectivity index (χ4n) is 0.913. The van der Waals surface area contributed by atoms with Gasteiger partial charge < -0.3 is 5.73 Å². The van der Waals surface area contributed by atoms with Gasteiger partial charge in [-0.15, -0.1) is 0 Å². The Balaban J connectivity index is 3.01. The van der Waals surface area contributed by atoms with Crippen LogP contribution in [0.5, 0.6) is 0 Å². The van der Waals surface area contributed by atoms with Crippen molar-refractivity contribution in [2.24, 2.45) is 5.73 Å². The van der Waals surface area contributed by atoms with Crippen molar-refractivity contribution in [3.63, 3.8) is 0 Å². The van der Waals surface area contributed by atoms with Crippen molar-refractivity contribution in [3.05, 3.63) is 34.6 Å². The number of halogens is 4. The van der Waals surface area contributed by atoms with E-state index in [4.69, 9.17) is 17.3 Å². The van der Waals surface area contributed by atoms with Gasteiger partial charge in [0.2, 0.25) is 0 Å². The summed E-state index contributed by atoms with van der Waals surface area (Å²) in [6.45, 7) is 0. The van der Waals surface area contributed by atoms with E-state index in [0.717, 1.165) is 12.1 Å². The number of rotatable bonds is 2. The molecule has 0 saturated heterocycles. The minimum absolute atomic E-state index is 0.000000000000000222. The molecule has 0 aromatic heterocycles. The molecule has 0 radical (unpaired) electrons. The number of nitrogens with two attached hydrogens (primary N) is 1. The summed E-state index contributed by atoms with van der Waals surface area (Å²) in [6, 6.07) is 1.71. The van der Waals surface area contributed by atoms with Gasteiger partial charge >= 0.3 is 0 Å². The number of benzene rings is 1. The molecule has 1 atom stereocenters. The van der Waals surface area contributed by atoms with Crippen molar-refractivity contribution in [1.82, 2.24) is 0 Å². The van der Waals surface area contributed by atoms with E-state index in [1.54, 1.807) is 0 Å². The third kappa shape index (κ3) is 2.60. The Morgan fingerprint density at radius 3 is 2.31 bits per heavy atom. The molecule has 0 aliphatic rings. The highest BCUT2D eigenvalue weighted by Crippen LogP contribution is 2.22. The van der Waals surface area contributed by atoms with Gasteiger partial charge in [0.1, 0.15) is 5.82 Å². The van der Waals surface area contributed by atoms with Crippen LogP contribution in [0.1, 0.15) is 11.6 Å². The standard InChI is InChI=1S/C8H7ClF3N/c9-5-1-4(2-6(10)3-5)7(13)8(11)12/h1-3,7-8H,13H2/t7-/m0/s1. The second-order valence-corrected chi connectivity index (χ2v) is 3.00. The summed E-state index contributed by atoms with van der Waals surface area (Å²) in [6.07, 6.45) is -2.72. The highest BCUT2D eigenvalue weighted by atomic mass is 35.5. The van der Waals surface area contributed by atoms with Gasteiger partial charge in [0, 0.05) is 5.02 Å². The molecule has 1 rings (SSSR count). The lowest BCUT2D eigenvalue weighted by atomic mass is 10.1. The Bertz CT molecular complexity index is 283. The third-order valence-electron chi connectivity index (χ3n) is 1.54. The Hall–Kier alpha value is -0.740. The van der Waals surface area contributed by atoms with Crippen LogP contribution in [-0.2, 0) is 0 Å². The minimum Gasteiger partial charge on any atom is -0.319 e. The molecule has 2 N–H and O–H groups in total. The summed E-state index contributed by atoms with van der Waals surface area (Å²) in [5.74, 6) is -0.668. The molecule has 5 heteroatoms. The second-order valence-electron chi connectivity index (χ2n) is 2.56. The van der Waals surface area contributed by atoms with Gasteiger partial charge in [-0.05, 0) is 23.8 Å². The van der Waals surface area contributed by atoms with Crippen LogP contribution in [0, 0.1) is 5.82 Å². The van der Waals surface area contributed by atoms with Crippen LogP contribution < -0.4 is 5.73 Å². The molecule has 0 saturated carbocycles. The third-order valence-corrected chi connectivity index (χ3v) is 1.76. The number of alkyl halides is 2. The monoisotopic (exact) mass is 209 g/mol. The van der Waals surface area contributed by atoms with E-state index >= 15 is 0 Å². The number of hydrogen-bond acceptors (Lipinski definition) is 1. The SMILES string of the molecule is N[C@@H](c1cc(F)cc(Cl)c1)C(F)F. The van der Waals surface area contributed by atoms with E-state index in [1.165, 1.54) is 6.07 Å². The molecule has 1 aromatic rings. The van der Waals surface area contributed by atoms with Gasteiger partial charge in [0.05, 0.1) is 6.04 Å². The fourth-order valence-corrected chi connectivity index (χ4v) is 1.14. The van der Waals surface area contributed by atoms with Crippen molar-refractivity contribution >= 4 is 11.6 Å². The topological polar surface area (TPSA) is 26.0 Å². The first-order valence-electron chi connectivity index (χ1n) is 3.50. The first kappa shape index (κ1) is 10.3. The minimum atomic E-state index is -2.72. The maximum atomic E-state index is 12.7. The Labute approximate surface area is 78.3 Å². The van der Waals surface area contributed by atoms with Crippen molar-refractivity contribution in [2.45, 2.75) is 12.5 Å². The predicted molar refractivity (Wildman–Crippen MR) is 44.3 cm³/mol. The van der Waals surface area contributed by atoms with Crippen molar-refractivity contribution in [3.8, 4) is 0 Å². The lowest BCUT2D eigenvalue weighted by Gasteiger charge is -2.10. The van der Waals surface area contributed by atoms with Crippen LogP contribution >= 0.6 is 11.6 Å². The zero-order valence-electron chi connectivity index (χ0n) is 6.48. The maximum Gasteiger partial charge on any atom is 0.257 e. The summed E-state index contributed by atoms with van der Waals surface area (Å²) in [7, 11) is 0. The van der Waals surface area contributed by atoms with Gasteiger partial charge in [0.15, 0.2) is 0 Å². The predicted octanol–water partition coefficient (Wildman–Crippen LogP) is 2.74. The van der Waals surface area contributed by atoms with Gasteiger partial charge in [-0.3, -0.25) is 0 Å². The zero-order chi connectivity index (χ0) is 10.0. The second kappa shape index (κ2) is 3.98. The van der Waals surface area contributed by atoms with E-state index in [0.29, 0.717) is 0 Å². The van der Waals surface area contributed by atoms with E-state index in [9.17, 15) is 13.2 Å². The van der Waals surface area contributed by atoms with Crippen molar-refractivity contribution in [2.75, 3.05) is 0 Å². The van der Waals surface area contributed by atoms with E-state index in [-0.39, 0.29) is 10.6 Å². The van der Waals surface area contributed by atoms with Gasteiger partial charge in [-0.1, -0.05) is 11.6 Å². The summed E-state index contributed by atoms with van der Waals surface area (Å²) in [4.78, 5) is 0. The molecule has 0 heterocycles. The molecule has 0 amide bonds. The zero-order valence-corrected chi connectivity index (χ0v) is 7.23. The fraction of sp³-hybridized carbons (Fsp3) is 0.250. The van der Waals surface area contributed by atoms with Crippen LogP contribution in [0.4, 0.5) is 13.2 Å². The average Bonchev–Trinajstić information content (AvgIpc) is 2.01. The van der Waals surface area contributed by atoms with Crippen molar-refractivity contribution < 1.29 is 13.2 Å². The van der Waals surface area contributed by atoms with Crippen molar-refractivity contribution in [1.29, 1.82) is 0 Å². The molecular weight excluding hydrogens is 203 g/mol. The smallest absolute Gasteiger partial charge is 0.257 e. The van der Waals surface area contributed by atoms with Crippen LogP contribution in [0.3, 0.4) is 0 Å². The van der Waals surface area contributed by atoms with Crippen LogP contribution in [0.2, 0.25) is 5.02 Å². The molecule has 0 fully saturated rings. The summed E-state index contributed by atoms with van der Waals surface area (Å²) < 4.78 is 36.8. The molecular formula is C8H7ClF3N. The Kier molecular flexibility index (Phi) is 3.17. The summed E-state index contributed by atoms with van der Waals surface area (Å²) in [5, 5.41) is 0.0612. The maximum absolute atomic E-state index is 12.7. The first-order chi connectivity index (χ1) is 6.00. The van der Waals surface area contributed by atoms with Gasteiger partial charge in [0.25, 0.3) is 6.43 Å². The van der Waals surface area contributed by atoms with Gasteiger partial charge in [-0.2, -0.15) is 0 Å².